The van der Waals surface area contributed by atoms with Crippen LogP contribution in [-0.4, -0.2) is 21.9 Å². The lowest BCUT2D eigenvalue weighted by molar-refractivity contribution is -0.124. The molecule has 30 heavy (non-hydrogen) atoms. The average molecular weight is 422 g/mol. The fourth-order valence-corrected chi connectivity index (χ4v) is 3.79. The summed E-state index contributed by atoms with van der Waals surface area (Å²) in [5, 5.41) is 12.8. The molecule has 1 aromatic heterocycles. The average Bonchev–Trinajstić information content (AvgIpc) is 3.56. The van der Waals surface area contributed by atoms with Gasteiger partial charge in [0.1, 0.15) is 5.41 Å². The minimum atomic E-state index is -0.851. The Morgan fingerprint density at radius 1 is 1.43 bits per heavy atom. The third-order valence-corrected chi connectivity index (χ3v) is 6.30. The zero-order valence-electron chi connectivity index (χ0n) is 16.9. The van der Waals surface area contributed by atoms with Crippen LogP contribution >= 0.6 is 11.6 Å². The molecule has 0 aliphatic heterocycles. The molecule has 0 radical (unpaired) electrons. The molecule has 2 aliphatic rings. The molecule has 6 nitrogen and oxygen atoms in total. The maximum Gasteiger partial charge on any atom is 0.240 e. The van der Waals surface area contributed by atoms with Crippen LogP contribution in [0, 0.1) is 23.7 Å². The van der Waals surface area contributed by atoms with Crippen LogP contribution in [-0.2, 0) is 11.3 Å². The summed E-state index contributed by atoms with van der Waals surface area (Å²) < 4.78 is 0. The molecule has 2 aromatic rings. The Morgan fingerprint density at radius 2 is 2.23 bits per heavy atom. The molecule has 0 bridgehead atoms. The van der Waals surface area contributed by atoms with Crippen LogP contribution in [0.3, 0.4) is 0 Å². The van der Waals surface area contributed by atoms with Crippen molar-refractivity contribution in [2.24, 2.45) is 11.1 Å². The zero-order chi connectivity index (χ0) is 21.3. The van der Waals surface area contributed by atoms with Gasteiger partial charge in [0.2, 0.25) is 5.91 Å². The van der Waals surface area contributed by atoms with Crippen molar-refractivity contribution in [3.63, 3.8) is 0 Å². The number of allylic oxidation sites excluding steroid dienone is 1. The molecule has 0 saturated heterocycles. The molecule has 4 rings (SSSR count). The number of hydrogen-bond acceptors (Lipinski definition) is 5. The van der Waals surface area contributed by atoms with E-state index in [1.54, 1.807) is 6.20 Å². The fraction of sp³-hybridized carbons (Fsp3) is 0.391. The van der Waals surface area contributed by atoms with E-state index >= 15 is 0 Å². The number of benzene rings is 1. The normalized spacial score (nSPS) is 19.5. The van der Waals surface area contributed by atoms with Gasteiger partial charge in [-0.25, -0.2) is 9.97 Å². The van der Waals surface area contributed by atoms with Gasteiger partial charge in [0.15, 0.2) is 5.82 Å². The Hall–Kier alpha value is -2.75. The van der Waals surface area contributed by atoms with Gasteiger partial charge in [0.05, 0.1) is 11.8 Å². The Kier molecular flexibility index (Phi) is 5.59. The number of aryl methyl sites for hydroxylation is 1. The fourth-order valence-electron chi connectivity index (χ4n) is 3.61. The molecule has 2 aliphatic carbocycles. The predicted molar refractivity (Wildman–Crippen MR) is 116 cm³/mol. The number of nitrogens with zero attached hydrogens (tertiary/aromatic N) is 3. The number of nitrogens with two attached hydrogens (primary N) is 1. The van der Waals surface area contributed by atoms with E-state index in [2.05, 4.69) is 22.4 Å². The van der Waals surface area contributed by atoms with Gasteiger partial charge in [-0.1, -0.05) is 29.8 Å². The van der Waals surface area contributed by atoms with Crippen molar-refractivity contribution in [2.75, 3.05) is 0 Å². The van der Waals surface area contributed by atoms with Gasteiger partial charge in [-0.15, -0.1) is 0 Å². The van der Waals surface area contributed by atoms with Crippen LogP contribution in [0.2, 0.25) is 5.02 Å². The highest BCUT2D eigenvalue weighted by atomic mass is 35.5. The van der Waals surface area contributed by atoms with Crippen molar-refractivity contribution in [3.05, 3.63) is 52.3 Å². The van der Waals surface area contributed by atoms with E-state index in [-0.39, 0.29) is 18.5 Å². The second-order valence-electron chi connectivity index (χ2n) is 8.17. The summed E-state index contributed by atoms with van der Waals surface area (Å²) >= 11 is 6.29. The Bertz CT molecular complexity index is 1070. The highest BCUT2D eigenvalue weighted by Crippen LogP contribution is 2.45. The molecule has 3 N–H and O–H groups in total. The van der Waals surface area contributed by atoms with E-state index in [1.165, 1.54) is 0 Å². The number of carbonyl (C=O) groups is 1. The van der Waals surface area contributed by atoms with Gasteiger partial charge >= 0.3 is 0 Å². The molecule has 0 spiro atoms. The third-order valence-electron chi connectivity index (χ3n) is 5.89. The van der Waals surface area contributed by atoms with E-state index < -0.39 is 5.41 Å². The molecule has 154 valence electrons. The highest BCUT2D eigenvalue weighted by molar-refractivity contribution is 6.31. The predicted octanol–water partition coefficient (Wildman–Crippen LogP) is 3.92. The smallest absolute Gasteiger partial charge is 0.240 e. The first-order valence-electron chi connectivity index (χ1n) is 10.2. The maximum absolute atomic E-state index is 12.4. The number of nitriles is 1. The summed E-state index contributed by atoms with van der Waals surface area (Å²) in [5.74, 6) is 0.374. The molecule has 1 aromatic carbocycles. The number of amides is 1. The number of nitrogens with one attached hydrogen (secondary N) is 1. The largest absolute Gasteiger partial charge is 0.350 e. The first-order valence-corrected chi connectivity index (χ1v) is 10.6. The summed E-state index contributed by atoms with van der Waals surface area (Å²) in [6.45, 7) is 2.24. The van der Waals surface area contributed by atoms with Gasteiger partial charge in [0.25, 0.3) is 0 Å². The maximum atomic E-state index is 12.4. The van der Waals surface area contributed by atoms with Crippen molar-refractivity contribution in [3.8, 4) is 17.5 Å². The lowest BCUT2D eigenvalue weighted by Crippen LogP contribution is -2.31. The SMILES string of the molecule is Cc1ccc(-c2ncc(CNC(=O)C3(C#N)CC3)c(C3=CCC(N)CC3)n2)cc1Cl. The number of halogens is 1. The third kappa shape index (κ3) is 4.09. The molecular weight excluding hydrogens is 398 g/mol. The molecule has 7 heteroatoms. The minimum Gasteiger partial charge on any atom is -0.350 e. The first kappa shape index (κ1) is 20.5. The Morgan fingerprint density at radius 3 is 2.87 bits per heavy atom. The second kappa shape index (κ2) is 8.17. The highest BCUT2D eigenvalue weighted by Gasteiger charge is 2.50. The van der Waals surface area contributed by atoms with Gasteiger partial charge in [-0.2, -0.15) is 5.26 Å². The van der Waals surface area contributed by atoms with Crippen molar-refractivity contribution >= 4 is 23.1 Å². The van der Waals surface area contributed by atoms with E-state index in [9.17, 15) is 10.1 Å². The molecule has 1 atom stereocenters. The van der Waals surface area contributed by atoms with Gasteiger partial charge in [-0.05, 0) is 56.2 Å². The summed E-state index contributed by atoms with van der Waals surface area (Å²) in [5.41, 5.74) is 9.82. The molecule has 1 heterocycles. The molecule has 1 fully saturated rings. The summed E-state index contributed by atoms with van der Waals surface area (Å²) in [7, 11) is 0. The Labute approximate surface area is 181 Å². The van der Waals surface area contributed by atoms with Crippen molar-refractivity contribution in [1.82, 2.24) is 15.3 Å². The Balaban J connectivity index is 1.66. The number of hydrogen-bond donors (Lipinski definition) is 2. The number of aromatic nitrogens is 2. The molecule has 1 unspecified atom stereocenters. The van der Waals surface area contributed by atoms with E-state index in [0.29, 0.717) is 23.7 Å². The van der Waals surface area contributed by atoms with Crippen LogP contribution in [0.4, 0.5) is 0 Å². The molecule has 1 amide bonds. The minimum absolute atomic E-state index is 0.166. The van der Waals surface area contributed by atoms with Crippen molar-refractivity contribution in [1.29, 1.82) is 5.26 Å². The van der Waals surface area contributed by atoms with Crippen LogP contribution in [0.1, 0.15) is 48.9 Å². The molecule has 1 saturated carbocycles. The van der Waals surface area contributed by atoms with Crippen LogP contribution in [0.5, 0.6) is 0 Å². The molecular formula is C23H24ClN5O. The summed E-state index contributed by atoms with van der Waals surface area (Å²) in [6.07, 6.45) is 7.65. The number of carbonyl (C=O) groups excluding carboxylic acids is 1. The quantitative estimate of drug-likeness (QED) is 0.761. The second-order valence-corrected chi connectivity index (χ2v) is 8.58. The zero-order valence-corrected chi connectivity index (χ0v) is 17.7. The monoisotopic (exact) mass is 421 g/mol. The van der Waals surface area contributed by atoms with Crippen LogP contribution in [0.25, 0.3) is 17.0 Å². The lowest BCUT2D eigenvalue weighted by atomic mass is 9.92. The summed E-state index contributed by atoms with van der Waals surface area (Å²) in [6, 6.07) is 8.07. The number of rotatable bonds is 5. The lowest BCUT2D eigenvalue weighted by Gasteiger charge is -2.20. The summed E-state index contributed by atoms with van der Waals surface area (Å²) in [4.78, 5) is 21.8. The van der Waals surface area contributed by atoms with Crippen molar-refractivity contribution < 1.29 is 4.79 Å². The van der Waals surface area contributed by atoms with E-state index in [4.69, 9.17) is 22.3 Å². The van der Waals surface area contributed by atoms with E-state index in [0.717, 1.165) is 47.2 Å². The van der Waals surface area contributed by atoms with Gasteiger partial charge in [-0.3, -0.25) is 4.79 Å². The van der Waals surface area contributed by atoms with E-state index in [1.807, 2.05) is 25.1 Å². The van der Waals surface area contributed by atoms with Gasteiger partial charge in [0, 0.05) is 34.9 Å². The van der Waals surface area contributed by atoms with Crippen LogP contribution < -0.4 is 11.1 Å². The van der Waals surface area contributed by atoms with Gasteiger partial charge < -0.3 is 11.1 Å². The van der Waals surface area contributed by atoms with Crippen molar-refractivity contribution in [2.45, 2.75) is 51.6 Å². The van der Waals surface area contributed by atoms with Crippen LogP contribution in [0.15, 0.2) is 30.5 Å². The standard InChI is InChI=1S/C23H24ClN5O/c1-14-2-3-16(10-19(14)24)21-27-11-17(12-28-22(30)23(13-25)8-9-23)20(29-21)15-4-6-18(26)7-5-15/h2-4,10-11,18H,5-9,12,26H2,1H3,(H,28,30). The topological polar surface area (TPSA) is 105 Å². The first-order chi connectivity index (χ1) is 14.4.